The van der Waals surface area contributed by atoms with E-state index in [1.54, 1.807) is 16.4 Å². The average molecular weight is 280 g/mol. The van der Waals surface area contributed by atoms with Crippen LogP contribution in [0.2, 0.25) is 0 Å². The van der Waals surface area contributed by atoms with Crippen molar-refractivity contribution in [3.8, 4) is 0 Å². The maximum Gasteiger partial charge on any atom is 0.381 e. The molecule has 0 bridgehead atoms. The molecule has 1 aromatic heterocycles. The molecule has 2 rings (SSSR count). The number of nitrogens with zero attached hydrogens (tertiary/aromatic N) is 4. The normalized spacial score (nSPS) is 16.1. The monoisotopic (exact) mass is 280 g/mol. The van der Waals surface area contributed by atoms with Crippen LogP contribution in [0.3, 0.4) is 0 Å². The minimum absolute atomic E-state index is 0.0210. The first-order valence-electron chi connectivity index (χ1n) is 6.93. The molecule has 0 atom stereocenters. The lowest BCUT2D eigenvalue weighted by Gasteiger charge is -2.31. The number of likely N-dealkylation sites (N-methyl/N-ethyl adjacent to an activating group) is 1. The first-order valence-corrected chi connectivity index (χ1v) is 6.93. The van der Waals surface area contributed by atoms with E-state index in [2.05, 4.69) is 4.98 Å². The molecule has 0 N–H and O–H groups in total. The molecule has 0 radical (unpaired) electrons. The van der Waals surface area contributed by atoms with Crippen molar-refractivity contribution in [3.63, 3.8) is 0 Å². The number of carbonyl (C=O) groups is 1. The van der Waals surface area contributed by atoms with Crippen molar-refractivity contribution in [1.29, 1.82) is 0 Å². The van der Waals surface area contributed by atoms with E-state index in [0.717, 1.165) is 25.7 Å². The Morgan fingerprint density at radius 2 is 2.15 bits per heavy atom. The molecule has 7 nitrogen and oxygen atoms in total. The van der Waals surface area contributed by atoms with E-state index in [4.69, 9.17) is 0 Å². The number of aromatic nitrogens is 2. The summed E-state index contributed by atoms with van der Waals surface area (Å²) < 4.78 is 1.54. The molecule has 1 saturated carbocycles. The summed E-state index contributed by atoms with van der Waals surface area (Å²) in [5.41, 5.74) is 0. The van der Waals surface area contributed by atoms with E-state index in [0.29, 0.717) is 11.9 Å². The number of hydrogen-bond donors (Lipinski definition) is 0. The van der Waals surface area contributed by atoms with Gasteiger partial charge in [0, 0.05) is 20.0 Å². The van der Waals surface area contributed by atoms with Crippen LogP contribution in [0.25, 0.3) is 0 Å². The Morgan fingerprint density at radius 3 is 2.70 bits per heavy atom. The van der Waals surface area contributed by atoms with Crippen molar-refractivity contribution >= 4 is 11.7 Å². The zero-order valence-electron chi connectivity index (χ0n) is 11.9. The van der Waals surface area contributed by atoms with E-state index in [-0.39, 0.29) is 18.3 Å². The molecule has 0 saturated heterocycles. The average Bonchev–Trinajstić information content (AvgIpc) is 2.80. The fourth-order valence-electron chi connectivity index (χ4n) is 2.67. The number of nitro groups is 1. The Bertz CT molecular complexity index is 506. The van der Waals surface area contributed by atoms with Crippen molar-refractivity contribution < 1.29 is 9.72 Å². The summed E-state index contributed by atoms with van der Waals surface area (Å²) in [5, 5.41) is 10.7. The van der Waals surface area contributed by atoms with Crippen LogP contribution in [-0.4, -0.2) is 38.4 Å². The van der Waals surface area contributed by atoms with Crippen LogP contribution in [0.4, 0.5) is 5.82 Å². The third-order valence-electron chi connectivity index (χ3n) is 3.97. The second-order valence-corrected chi connectivity index (χ2v) is 5.33. The van der Waals surface area contributed by atoms with Crippen LogP contribution in [0.15, 0.2) is 6.20 Å². The highest BCUT2D eigenvalue weighted by Crippen LogP contribution is 2.22. The van der Waals surface area contributed by atoms with Crippen molar-refractivity contribution in [2.24, 2.45) is 0 Å². The lowest BCUT2D eigenvalue weighted by Crippen LogP contribution is -2.40. The number of aryl methyl sites for hydroxylation is 1. The van der Waals surface area contributed by atoms with Gasteiger partial charge in [0.15, 0.2) is 0 Å². The van der Waals surface area contributed by atoms with E-state index >= 15 is 0 Å². The van der Waals surface area contributed by atoms with Gasteiger partial charge in [-0.3, -0.25) is 9.36 Å². The Morgan fingerprint density at radius 1 is 1.50 bits per heavy atom. The minimum Gasteiger partial charge on any atom is -0.358 e. The summed E-state index contributed by atoms with van der Waals surface area (Å²) in [4.78, 5) is 28.0. The van der Waals surface area contributed by atoms with Crippen LogP contribution in [-0.2, 0) is 11.3 Å². The van der Waals surface area contributed by atoms with Crippen molar-refractivity contribution in [3.05, 3.63) is 22.1 Å². The van der Waals surface area contributed by atoms with Gasteiger partial charge in [-0.1, -0.05) is 19.3 Å². The van der Waals surface area contributed by atoms with Gasteiger partial charge in [0.1, 0.15) is 12.7 Å². The van der Waals surface area contributed by atoms with Crippen LogP contribution < -0.4 is 0 Å². The molecule has 1 aromatic rings. The topological polar surface area (TPSA) is 81.3 Å². The van der Waals surface area contributed by atoms with Crippen LogP contribution in [0, 0.1) is 17.0 Å². The van der Waals surface area contributed by atoms with Crippen LogP contribution in [0.1, 0.15) is 37.9 Å². The smallest absolute Gasteiger partial charge is 0.358 e. The molecular weight excluding hydrogens is 260 g/mol. The summed E-state index contributed by atoms with van der Waals surface area (Å²) in [6.07, 6.45) is 6.99. The molecule has 0 aromatic carbocycles. The third-order valence-corrected chi connectivity index (χ3v) is 3.97. The first-order chi connectivity index (χ1) is 9.49. The standard InChI is InChI=1S/C13H20N4O3/c1-10-14-12(17(19)20)8-16(10)9-13(18)15(2)11-6-4-3-5-7-11/h8,11H,3-7,9H2,1-2H3. The highest BCUT2D eigenvalue weighted by Gasteiger charge is 2.24. The second kappa shape index (κ2) is 6.02. The fraction of sp³-hybridized carbons (Fsp3) is 0.692. The summed E-state index contributed by atoms with van der Waals surface area (Å²) in [7, 11) is 1.82. The third kappa shape index (κ3) is 3.15. The number of hydrogen-bond acceptors (Lipinski definition) is 4. The van der Waals surface area contributed by atoms with Gasteiger partial charge in [-0.15, -0.1) is 0 Å². The number of rotatable bonds is 4. The molecule has 0 spiro atoms. The molecular formula is C13H20N4O3. The zero-order chi connectivity index (χ0) is 14.7. The van der Waals surface area contributed by atoms with Gasteiger partial charge >= 0.3 is 5.82 Å². The molecule has 1 amide bonds. The van der Waals surface area contributed by atoms with E-state index in [9.17, 15) is 14.9 Å². The first kappa shape index (κ1) is 14.5. The highest BCUT2D eigenvalue weighted by molar-refractivity contribution is 5.76. The minimum atomic E-state index is -0.543. The van der Waals surface area contributed by atoms with Gasteiger partial charge in [0.2, 0.25) is 11.7 Å². The Hall–Kier alpha value is -1.92. The van der Waals surface area contributed by atoms with E-state index in [1.165, 1.54) is 12.6 Å². The SMILES string of the molecule is Cc1nc([N+](=O)[O-])cn1CC(=O)N(C)C1CCCCC1. The summed E-state index contributed by atoms with van der Waals surface area (Å²) in [6, 6.07) is 0.301. The van der Waals surface area contributed by atoms with Crippen molar-refractivity contribution in [2.45, 2.75) is 51.6 Å². The highest BCUT2D eigenvalue weighted by atomic mass is 16.6. The van der Waals surface area contributed by atoms with Gasteiger partial charge in [-0.05, 0) is 22.7 Å². The second-order valence-electron chi connectivity index (χ2n) is 5.33. The number of amides is 1. The lowest BCUT2D eigenvalue weighted by atomic mass is 9.94. The summed E-state index contributed by atoms with van der Waals surface area (Å²) in [6.45, 7) is 1.78. The largest absolute Gasteiger partial charge is 0.381 e. The predicted molar refractivity (Wildman–Crippen MR) is 73.3 cm³/mol. The molecule has 0 aliphatic heterocycles. The van der Waals surface area contributed by atoms with Gasteiger partial charge in [0.25, 0.3) is 0 Å². The van der Waals surface area contributed by atoms with Gasteiger partial charge in [-0.2, -0.15) is 0 Å². The summed E-state index contributed by atoms with van der Waals surface area (Å²) in [5.74, 6) is 0.255. The molecule has 7 heteroatoms. The quantitative estimate of drug-likeness (QED) is 0.623. The molecule has 1 heterocycles. The number of carbonyl (C=O) groups excluding carboxylic acids is 1. The van der Waals surface area contributed by atoms with Crippen LogP contribution >= 0.6 is 0 Å². The maximum atomic E-state index is 12.3. The molecule has 1 aliphatic carbocycles. The molecule has 110 valence electrons. The van der Waals surface area contributed by atoms with Crippen molar-refractivity contribution in [2.75, 3.05) is 7.05 Å². The Kier molecular flexibility index (Phi) is 4.36. The fourth-order valence-corrected chi connectivity index (χ4v) is 2.67. The Labute approximate surface area is 117 Å². The van der Waals surface area contributed by atoms with Crippen molar-refractivity contribution in [1.82, 2.24) is 14.5 Å². The molecule has 0 unspecified atom stereocenters. The van der Waals surface area contributed by atoms with E-state index in [1.807, 2.05) is 7.05 Å². The maximum absolute atomic E-state index is 12.3. The van der Waals surface area contributed by atoms with E-state index < -0.39 is 4.92 Å². The summed E-state index contributed by atoms with van der Waals surface area (Å²) >= 11 is 0. The van der Waals surface area contributed by atoms with Crippen LogP contribution in [0.5, 0.6) is 0 Å². The molecule has 1 aliphatic rings. The van der Waals surface area contributed by atoms with Gasteiger partial charge in [0.05, 0.1) is 0 Å². The zero-order valence-corrected chi connectivity index (χ0v) is 11.9. The predicted octanol–water partition coefficient (Wildman–Crippen LogP) is 1.89. The lowest BCUT2D eigenvalue weighted by molar-refractivity contribution is -0.389. The number of imidazole rings is 1. The van der Waals surface area contributed by atoms with Gasteiger partial charge in [-0.25, -0.2) is 0 Å². The van der Waals surface area contributed by atoms with Gasteiger partial charge < -0.3 is 15.0 Å². The molecule has 20 heavy (non-hydrogen) atoms. The Balaban J connectivity index is 2.01. The molecule has 1 fully saturated rings.